The second-order valence-electron chi connectivity index (χ2n) is 9.71. The minimum absolute atomic E-state index is 0. The van der Waals surface area contributed by atoms with Gasteiger partial charge < -0.3 is 9.80 Å². The average molecular weight is 673 g/mol. The van der Waals surface area contributed by atoms with Crippen LogP contribution >= 0.6 is 47.1 Å². The minimum Gasteiger partial charge on any atom is -0.301 e. The fourth-order valence-electron chi connectivity index (χ4n) is 4.79. The fraction of sp³-hybridized carbons (Fsp3) is 1.00. The SMILES string of the molecule is ClN1CCCN2CCN(Cl)CCCN(CC1)CC2.ClN1CCN2CCN(Cl)CCN(CC1)CC2.[Fe+2].[Mn+2]. The van der Waals surface area contributed by atoms with Gasteiger partial charge in [0.25, 0.3) is 0 Å². The molecular weight excluding hydrogens is 629 g/mol. The smallest absolute Gasteiger partial charge is 0.301 e. The predicted octanol–water partition coefficient (Wildman–Crippen LogP) is 1.83. The predicted molar refractivity (Wildman–Crippen MR) is 145 cm³/mol. The Kier molecular flexibility index (Phi) is 20.7. The molecule has 4 heterocycles. The molecule has 0 saturated carbocycles. The fourth-order valence-corrected chi connectivity index (χ4v) is 5.48. The molecular formula is C22H44Cl4FeMnN8+4. The molecule has 0 amide bonds. The average Bonchev–Trinajstić information content (AvgIpc) is 2.97. The first-order chi connectivity index (χ1) is 16.5. The van der Waals surface area contributed by atoms with Gasteiger partial charge in [0.05, 0.1) is 0 Å². The van der Waals surface area contributed by atoms with Crippen LogP contribution in [0.1, 0.15) is 12.8 Å². The van der Waals surface area contributed by atoms with Gasteiger partial charge in [-0.3, -0.25) is 9.80 Å². The van der Waals surface area contributed by atoms with Crippen LogP contribution in [0, 0.1) is 0 Å². The van der Waals surface area contributed by atoms with Crippen LogP contribution in [0.3, 0.4) is 0 Å². The van der Waals surface area contributed by atoms with Gasteiger partial charge in [-0.05, 0) is 73.0 Å². The van der Waals surface area contributed by atoms with E-state index in [-0.39, 0.29) is 34.1 Å². The summed E-state index contributed by atoms with van der Waals surface area (Å²) in [6.45, 7) is 20.8. The quantitative estimate of drug-likeness (QED) is 0.285. The van der Waals surface area contributed by atoms with Gasteiger partial charge >= 0.3 is 34.1 Å². The maximum absolute atomic E-state index is 6.21. The van der Waals surface area contributed by atoms with E-state index in [9.17, 15) is 0 Å². The first-order valence-electron chi connectivity index (χ1n) is 13.0. The molecule has 1 radical (unpaired) electrons. The molecule has 4 aliphatic heterocycles. The third-order valence-corrected chi connectivity index (χ3v) is 8.52. The van der Waals surface area contributed by atoms with Gasteiger partial charge in [0, 0.05) is 118 Å². The molecule has 14 heteroatoms. The van der Waals surface area contributed by atoms with Crippen molar-refractivity contribution in [1.82, 2.24) is 37.3 Å². The molecule has 4 aliphatic rings. The largest absolute Gasteiger partial charge is 2.00 e. The van der Waals surface area contributed by atoms with Crippen molar-refractivity contribution < 1.29 is 34.1 Å². The molecule has 8 nitrogen and oxygen atoms in total. The molecule has 4 fully saturated rings. The zero-order valence-electron chi connectivity index (χ0n) is 21.4. The van der Waals surface area contributed by atoms with E-state index in [1.54, 1.807) is 0 Å². The van der Waals surface area contributed by atoms with Crippen LogP contribution in [0.4, 0.5) is 0 Å². The van der Waals surface area contributed by atoms with Crippen molar-refractivity contribution in [2.75, 3.05) is 131 Å². The Morgan fingerprint density at radius 2 is 0.472 bits per heavy atom. The van der Waals surface area contributed by atoms with Crippen LogP contribution in [-0.2, 0) is 34.1 Å². The van der Waals surface area contributed by atoms with Crippen LogP contribution in [0.15, 0.2) is 0 Å². The van der Waals surface area contributed by atoms with E-state index in [0.717, 1.165) is 144 Å². The molecule has 4 saturated heterocycles. The van der Waals surface area contributed by atoms with Crippen molar-refractivity contribution in [3.63, 3.8) is 0 Å². The Morgan fingerprint density at radius 3 is 0.750 bits per heavy atom. The first-order valence-corrected chi connectivity index (χ1v) is 14.4. The Morgan fingerprint density at radius 1 is 0.278 bits per heavy atom. The van der Waals surface area contributed by atoms with Gasteiger partial charge in [-0.1, -0.05) is 0 Å². The molecule has 0 N–H and O–H groups in total. The van der Waals surface area contributed by atoms with Crippen molar-refractivity contribution in [3.05, 3.63) is 0 Å². The third-order valence-electron chi connectivity index (χ3n) is 7.17. The minimum atomic E-state index is 0. The molecule has 0 aromatic rings. The van der Waals surface area contributed by atoms with Gasteiger partial charge in [0.15, 0.2) is 0 Å². The Labute approximate surface area is 260 Å². The summed E-state index contributed by atoms with van der Waals surface area (Å²) in [6.07, 6.45) is 2.29. The number of fused-ring (bicyclic) bond motifs is 6. The molecule has 4 rings (SSSR count). The second kappa shape index (κ2) is 20.7. The number of rotatable bonds is 0. The molecule has 0 spiro atoms. The normalized spacial score (nSPS) is 33.0. The van der Waals surface area contributed by atoms with Gasteiger partial charge in [-0.25, -0.2) is 17.7 Å². The van der Waals surface area contributed by atoms with E-state index in [2.05, 4.69) is 19.6 Å². The van der Waals surface area contributed by atoms with E-state index in [4.69, 9.17) is 47.1 Å². The Hall–Kier alpha value is 1.88. The van der Waals surface area contributed by atoms with Gasteiger partial charge in [0.1, 0.15) is 0 Å². The summed E-state index contributed by atoms with van der Waals surface area (Å²) in [5, 5.41) is 0. The summed E-state index contributed by atoms with van der Waals surface area (Å²) in [7, 11) is 0. The van der Waals surface area contributed by atoms with Gasteiger partial charge in [-0.15, -0.1) is 0 Å². The van der Waals surface area contributed by atoms with Crippen LogP contribution in [0.2, 0.25) is 0 Å². The van der Waals surface area contributed by atoms with E-state index in [0.29, 0.717) is 0 Å². The summed E-state index contributed by atoms with van der Waals surface area (Å²) in [5.41, 5.74) is 0. The van der Waals surface area contributed by atoms with Crippen molar-refractivity contribution >= 4 is 47.1 Å². The zero-order chi connectivity index (χ0) is 24.2. The molecule has 2 atom stereocenters. The summed E-state index contributed by atoms with van der Waals surface area (Å²) in [6, 6.07) is 0. The third kappa shape index (κ3) is 15.0. The van der Waals surface area contributed by atoms with Crippen molar-refractivity contribution in [2.24, 2.45) is 0 Å². The molecule has 0 aromatic heterocycles. The number of hydrogen-bond donors (Lipinski definition) is 0. The van der Waals surface area contributed by atoms with Crippen LogP contribution in [-0.4, -0.2) is 168 Å². The maximum Gasteiger partial charge on any atom is 2.00 e. The molecule has 2 unspecified atom stereocenters. The Balaban J connectivity index is 0.000000343. The van der Waals surface area contributed by atoms with E-state index in [1.807, 2.05) is 17.7 Å². The molecule has 0 aliphatic carbocycles. The summed E-state index contributed by atoms with van der Waals surface area (Å²) in [4.78, 5) is 9.94. The van der Waals surface area contributed by atoms with Crippen molar-refractivity contribution in [2.45, 2.75) is 12.8 Å². The van der Waals surface area contributed by atoms with Crippen LogP contribution in [0.5, 0.6) is 0 Å². The summed E-state index contributed by atoms with van der Waals surface area (Å²) >= 11 is 24.7. The summed E-state index contributed by atoms with van der Waals surface area (Å²) < 4.78 is 7.70. The van der Waals surface area contributed by atoms with Crippen molar-refractivity contribution in [1.29, 1.82) is 0 Å². The van der Waals surface area contributed by atoms with E-state index >= 15 is 0 Å². The Bertz CT molecular complexity index is 502. The number of halogens is 4. The first kappa shape index (κ1) is 35.9. The zero-order valence-corrected chi connectivity index (χ0v) is 26.7. The second-order valence-corrected chi connectivity index (χ2v) is 11.6. The van der Waals surface area contributed by atoms with Gasteiger partial charge in [-0.2, -0.15) is 0 Å². The van der Waals surface area contributed by atoms with E-state index < -0.39 is 0 Å². The van der Waals surface area contributed by atoms with Crippen LogP contribution < -0.4 is 0 Å². The standard InChI is InChI=1S/C12H24Cl2N4.C10H20Cl2N4.Fe.Mn/c13-17-5-1-3-15-7-8-16(10-11-17)4-2-6-18(14)12-9-15;11-15-7-3-13-1-2-14(5-9-15)6-10-16(12)8-4-13;;/h1-12H2;1-10H2;;/q;;2*+2. The molecule has 36 heavy (non-hydrogen) atoms. The molecule has 0 aromatic carbocycles. The monoisotopic (exact) mass is 671 g/mol. The van der Waals surface area contributed by atoms with Crippen molar-refractivity contribution in [3.8, 4) is 0 Å². The molecule has 211 valence electrons. The topological polar surface area (TPSA) is 25.9 Å². The maximum atomic E-state index is 6.21. The number of nitrogens with zero attached hydrogens (tertiary/aromatic N) is 8. The van der Waals surface area contributed by atoms with Gasteiger partial charge in [0.2, 0.25) is 0 Å². The van der Waals surface area contributed by atoms with E-state index in [1.165, 1.54) is 0 Å². The molecule has 4 bridgehead atoms. The summed E-state index contributed by atoms with van der Waals surface area (Å²) in [5.74, 6) is 0. The van der Waals surface area contributed by atoms with Crippen LogP contribution in [0.25, 0.3) is 0 Å². The number of hydrogen-bond acceptors (Lipinski definition) is 8.